The Labute approximate surface area is 122 Å². The molecule has 1 aromatic heterocycles. The number of benzene rings is 1. The third kappa shape index (κ3) is 3.09. The molecule has 1 unspecified atom stereocenters. The second-order valence-corrected chi connectivity index (χ2v) is 5.43. The molecular formula is C16H19NO4. The lowest BCUT2D eigenvalue weighted by molar-refractivity contribution is 0.0546. The summed E-state index contributed by atoms with van der Waals surface area (Å²) in [5, 5.41) is 13.5. The lowest BCUT2D eigenvalue weighted by Crippen LogP contribution is -2.29. The molecule has 1 aromatic carbocycles. The number of para-hydroxylation sites is 1. The lowest BCUT2D eigenvalue weighted by Gasteiger charge is -2.22. The Hall–Kier alpha value is -1.85. The van der Waals surface area contributed by atoms with Crippen LogP contribution in [0, 0.1) is 5.92 Å². The molecule has 112 valence electrons. The maximum atomic E-state index is 11.3. The molecule has 0 radical (unpaired) electrons. The highest BCUT2D eigenvalue weighted by Crippen LogP contribution is 2.26. The van der Waals surface area contributed by atoms with E-state index in [9.17, 15) is 9.90 Å². The van der Waals surface area contributed by atoms with Gasteiger partial charge >= 0.3 is 5.97 Å². The van der Waals surface area contributed by atoms with Crippen LogP contribution >= 0.6 is 0 Å². The summed E-state index contributed by atoms with van der Waals surface area (Å²) in [7, 11) is 0. The topological polar surface area (TPSA) is 71.7 Å². The molecule has 1 fully saturated rings. The minimum atomic E-state index is -1.02. The number of carbonyl (C=O) groups is 1. The Balaban J connectivity index is 1.72. The highest BCUT2D eigenvalue weighted by molar-refractivity contribution is 5.95. The van der Waals surface area contributed by atoms with Gasteiger partial charge in [-0.3, -0.25) is 0 Å². The number of aromatic carboxylic acids is 1. The van der Waals surface area contributed by atoms with Crippen LogP contribution in [0.1, 0.15) is 29.0 Å². The molecule has 2 heterocycles. The molecule has 2 aromatic rings. The second kappa shape index (κ2) is 6.28. The largest absolute Gasteiger partial charge is 0.475 e. The van der Waals surface area contributed by atoms with Gasteiger partial charge in [-0.2, -0.15) is 0 Å². The number of carboxylic acid groups (broad SMARTS) is 1. The molecule has 2 N–H and O–H groups in total. The van der Waals surface area contributed by atoms with Crippen LogP contribution in [-0.2, 0) is 11.3 Å². The minimum Gasteiger partial charge on any atom is -0.475 e. The predicted molar refractivity (Wildman–Crippen MR) is 78.4 cm³/mol. The molecule has 5 nitrogen and oxygen atoms in total. The number of nitrogens with one attached hydrogen (secondary N) is 1. The smallest absolute Gasteiger partial charge is 0.372 e. The molecular weight excluding hydrogens is 270 g/mol. The molecule has 3 rings (SSSR count). The number of furan rings is 1. The molecule has 0 bridgehead atoms. The predicted octanol–water partition coefficient (Wildman–Crippen LogP) is 2.65. The van der Waals surface area contributed by atoms with Gasteiger partial charge in [0.25, 0.3) is 0 Å². The van der Waals surface area contributed by atoms with Gasteiger partial charge in [0, 0.05) is 30.6 Å². The monoisotopic (exact) mass is 289 g/mol. The molecule has 1 atom stereocenters. The van der Waals surface area contributed by atoms with Gasteiger partial charge < -0.3 is 19.6 Å². The zero-order valence-corrected chi connectivity index (χ0v) is 11.8. The summed E-state index contributed by atoms with van der Waals surface area (Å²) < 4.78 is 10.9. The van der Waals surface area contributed by atoms with Crippen LogP contribution in [0.15, 0.2) is 28.7 Å². The highest BCUT2D eigenvalue weighted by atomic mass is 16.5. The lowest BCUT2D eigenvalue weighted by atomic mass is 10.0. The number of rotatable bonds is 5. The fourth-order valence-electron chi connectivity index (χ4n) is 2.82. The van der Waals surface area contributed by atoms with E-state index in [1.807, 2.05) is 18.2 Å². The van der Waals surface area contributed by atoms with Gasteiger partial charge in [-0.25, -0.2) is 4.79 Å². The van der Waals surface area contributed by atoms with Crippen molar-refractivity contribution in [2.24, 2.45) is 5.92 Å². The average Bonchev–Trinajstić information content (AvgIpc) is 2.88. The van der Waals surface area contributed by atoms with Crippen LogP contribution in [0.3, 0.4) is 0 Å². The molecule has 0 amide bonds. The van der Waals surface area contributed by atoms with Crippen molar-refractivity contribution in [1.29, 1.82) is 0 Å². The van der Waals surface area contributed by atoms with Crippen LogP contribution in [0.2, 0.25) is 0 Å². The van der Waals surface area contributed by atoms with Gasteiger partial charge in [-0.15, -0.1) is 0 Å². The second-order valence-electron chi connectivity index (χ2n) is 5.43. The summed E-state index contributed by atoms with van der Waals surface area (Å²) in [5.74, 6) is -0.488. The maximum Gasteiger partial charge on any atom is 0.372 e. The summed E-state index contributed by atoms with van der Waals surface area (Å²) in [4.78, 5) is 11.3. The Morgan fingerprint density at radius 2 is 2.24 bits per heavy atom. The van der Waals surface area contributed by atoms with Gasteiger partial charge in [0.05, 0.1) is 6.61 Å². The van der Waals surface area contributed by atoms with E-state index in [4.69, 9.17) is 9.15 Å². The van der Waals surface area contributed by atoms with Crippen molar-refractivity contribution in [2.75, 3.05) is 19.8 Å². The van der Waals surface area contributed by atoms with Gasteiger partial charge in [0.1, 0.15) is 5.58 Å². The molecule has 0 spiro atoms. The SMILES string of the molecule is O=C(O)c1oc2ccccc2c1CNCC1CCCOC1. The first-order chi connectivity index (χ1) is 10.3. The van der Waals surface area contributed by atoms with E-state index in [-0.39, 0.29) is 5.76 Å². The van der Waals surface area contributed by atoms with Gasteiger partial charge in [-0.05, 0) is 24.8 Å². The van der Waals surface area contributed by atoms with Crippen LogP contribution < -0.4 is 5.32 Å². The summed E-state index contributed by atoms with van der Waals surface area (Å²) in [6.45, 7) is 2.96. The zero-order chi connectivity index (χ0) is 14.7. The van der Waals surface area contributed by atoms with Crippen molar-refractivity contribution >= 4 is 16.9 Å². The van der Waals surface area contributed by atoms with Crippen LogP contribution in [0.5, 0.6) is 0 Å². The third-order valence-corrected chi connectivity index (χ3v) is 3.88. The van der Waals surface area contributed by atoms with E-state index in [1.165, 1.54) is 0 Å². The van der Waals surface area contributed by atoms with E-state index in [1.54, 1.807) is 6.07 Å². The first-order valence-electron chi connectivity index (χ1n) is 7.28. The van der Waals surface area contributed by atoms with Crippen LogP contribution in [-0.4, -0.2) is 30.8 Å². The van der Waals surface area contributed by atoms with Crippen molar-refractivity contribution in [3.05, 3.63) is 35.6 Å². The average molecular weight is 289 g/mol. The van der Waals surface area contributed by atoms with Gasteiger partial charge in [0.15, 0.2) is 0 Å². The number of hydrogen-bond donors (Lipinski definition) is 2. The van der Waals surface area contributed by atoms with Crippen molar-refractivity contribution in [1.82, 2.24) is 5.32 Å². The molecule has 0 aliphatic carbocycles. The molecule has 0 saturated carbocycles. The summed E-state index contributed by atoms with van der Waals surface area (Å²) in [6, 6.07) is 7.42. The normalized spacial score (nSPS) is 19.0. The fourth-order valence-corrected chi connectivity index (χ4v) is 2.82. The Kier molecular flexibility index (Phi) is 4.22. The Morgan fingerprint density at radius 3 is 3.00 bits per heavy atom. The van der Waals surface area contributed by atoms with E-state index in [2.05, 4.69) is 5.32 Å². The third-order valence-electron chi connectivity index (χ3n) is 3.88. The molecule has 5 heteroatoms. The van der Waals surface area contributed by atoms with Gasteiger partial charge in [-0.1, -0.05) is 18.2 Å². The Bertz CT molecular complexity index is 628. The first-order valence-corrected chi connectivity index (χ1v) is 7.28. The highest BCUT2D eigenvalue weighted by Gasteiger charge is 2.20. The fraction of sp³-hybridized carbons (Fsp3) is 0.438. The van der Waals surface area contributed by atoms with E-state index < -0.39 is 5.97 Å². The zero-order valence-electron chi connectivity index (χ0n) is 11.8. The van der Waals surface area contributed by atoms with E-state index >= 15 is 0 Å². The van der Waals surface area contributed by atoms with Crippen LogP contribution in [0.4, 0.5) is 0 Å². The van der Waals surface area contributed by atoms with Crippen molar-refractivity contribution in [2.45, 2.75) is 19.4 Å². The molecule has 21 heavy (non-hydrogen) atoms. The van der Waals surface area contributed by atoms with Crippen molar-refractivity contribution < 1.29 is 19.1 Å². The minimum absolute atomic E-state index is 0.0311. The van der Waals surface area contributed by atoms with Gasteiger partial charge in [0.2, 0.25) is 5.76 Å². The molecule has 1 aliphatic heterocycles. The number of fused-ring (bicyclic) bond motifs is 1. The van der Waals surface area contributed by atoms with E-state index in [0.717, 1.165) is 43.5 Å². The van der Waals surface area contributed by atoms with E-state index in [0.29, 0.717) is 18.0 Å². The van der Waals surface area contributed by atoms with Crippen molar-refractivity contribution in [3.63, 3.8) is 0 Å². The Morgan fingerprint density at radius 1 is 1.38 bits per heavy atom. The quantitative estimate of drug-likeness (QED) is 0.885. The number of ether oxygens (including phenoxy) is 1. The summed E-state index contributed by atoms with van der Waals surface area (Å²) in [6.07, 6.45) is 2.26. The maximum absolute atomic E-state index is 11.3. The van der Waals surface area contributed by atoms with Crippen molar-refractivity contribution in [3.8, 4) is 0 Å². The summed E-state index contributed by atoms with van der Waals surface area (Å²) >= 11 is 0. The first kappa shape index (κ1) is 14.1. The molecule has 1 saturated heterocycles. The molecule has 1 aliphatic rings. The summed E-state index contributed by atoms with van der Waals surface area (Å²) in [5.41, 5.74) is 1.34. The number of hydrogen-bond acceptors (Lipinski definition) is 4. The van der Waals surface area contributed by atoms with Crippen LogP contribution in [0.25, 0.3) is 11.0 Å². The number of carboxylic acids is 1. The standard InChI is InChI=1S/C16H19NO4/c18-16(19)15-13(12-5-1-2-6-14(12)21-15)9-17-8-11-4-3-7-20-10-11/h1-2,5-6,11,17H,3-4,7-10H2,(H,18,19).